The molecule has 0 unspecified atom stereocenters. The number of ether oxygens (including phenoxy) is 1. The normalized spacial score (nSPS) is 10.8. The van der Waals surface area contributed by atoms with Crippen LogP contribution in [0.4, 0.5) is 0 Å². The molecule has 1 N–H and O–H groups in total. The van der Waals surface area contributed by atoms with Crippen LogP contribution in [0.25, 0.3) is 11.0 Å². The van der Waals surface area contributed by atoms with E-state index in [1.807, 2.05) is 29.7 Å². The van der Waals surface area contributed by atoms with Crippen LogP contribution in [0.5, 0.6) is 5.75 Å². The summed E-state index contributed by atoms with van der Waals surface area (Å²) >= 11 is 4.53. The van der Waals surface area contributed by atoms with E-state index in [2.05, 4.69) is 27.5 Å². The van der Waals surface area contributed by atoms with Crippen LogP contribution in [0.1, 0.15) is 6.92 Å². The number of carbonyl (C=O) groups is 1. The number of aliphatic carboxylic acids is 1. The molecule has 1 aromatic carbocycles. The lowest BCUT2D eigenvalue weighted by molar-refractivity contribution is -0.133. The van der Waals surface area contributed by atoms with Crippen molar-refractivity contribution in [1.82, 2.24) is 9.55 Å². The fourth-order valence-electron chi connectivity index (χ4n) is 1.93. The Labute approximate surface area is 135 Å². The monoisotopic (exact) mass is 370 g/mol. The maximum Gasteiger partial charge on any atom is 0.313 e. The van der Waals surface area contributed by atoms with Crippen LogP contribution in [0.15, 0.2) is 34.4 Å². The van der Waals surface area contributed by atoms with Gasteiger partial charge in [0.2, 0.25) is 0 Å². The summed E-state index contributed by atoms with van der Waals surface area (Å²) in [5.41, 5.74) is 1.63. The Morgan fingerprint density at radius 1 is 1.57 bits per heavy atom. The zero-order valence-electron chi connectivity index (χ0n) is 11.5. The first-order chi connectivity index (χ1) is 10.0. The van der Waals surface area contributed by atoms with Crippen molar-refractivity contribution >= 4 is 44.7 Å². The van der Waals surface area contributed by atoms with Crippen molar-refractivity contribution in [2.24, 2.45) is 0 Å². The van der Waals surface area contributed by atoms with Gasteiger partial charge in [0.15, 0.2) is 5.16 Å². The fraction of sp³-hybridized carbons (Fsp3) is 0.286. The Bertz CT molecular complexity index is 684. The second-order valence-corrected chi connectivity index (χ2v) is 6.30. The number of carboxylic acids is 1. The summed E-state index contributed by atoms with van der Waals surface area (Å²) in [6.07, 6.45) is 0. The summed E-state index contributed by atoms with van der Waals surface area (Å²) in [7, 11) is 0. The van der Waals surface area contributed by atoms with Gasteiger partial charge < -0.3 is 14.4 Å². The quantitative estimate of drug-likeness (QED) is 0.755. The Kier molecular flexibility index (Phi) is 5.30. The molecule has 21 heavy (non-hydrogen) atoms. The van der Waals surface area contributed by atoms with Gasteiger partial charge in [0.25, 0.3) is 0 Å². The molecule has 7 heteroatoms. The lowest BCUT2D eigenvalue weighted by atomic mass is 10.3. The minimum atomic E-state index is -0.874. The highest BCUT2D eigenvalue weighted by Gasteiger charge is 2.16. The topological polar surface area (TPSA) is 64.4 Å². The van der Waals surface area contributed by atoms with Crippen molar-refractivity contribution in [1.29, 1.82) is 0 Å². The number of hydrogen-bond acceptors (Lipinski definition) is 4. The molecule has 0 aliphatic carbocycles. The van der Waals surface area contributed by atoms with E-state index >= 15 is 0 Å². The van der Waals surface area contributed by atoms with Crippen molar-refractivity contribution in [2.75, 3.05) is 12.4 Å². The molecule has 0 amide bonds. The maximum absolute atomic E-state index is 10.8. The van der Waals surface area contributed by atoms with Crippen LogP contribution < -0.4 is 4.74 Å². The largest absolute Gasteiger partial charge is 0.492 e. The number of benzene rings is 1. The van der Waals surface area contributed by atoms with Gasteiger partial charge in [0.05, 0.1) is 24.4 Å². The summed E-state index contributed by atoms with van der Waals surface area (Å²) < 4.78 is 8.31. The molecule has 0 bridgehead atoms. The van der Waals surface area contributed by atoms with E-state index in [9.17, 15) is 4.79 Å². The number of hydrogen-bond donors (Lipinski definition) is 1. The van der Waals surface area contributed by atoms with Gasteiger partial charge in [-0.3, -0.25) is 4.79 Å². The second kappa shape index (κ2) is 7.00. The SMILES string of the molecule is C=C(Br)Cn1c(SCC(=O)O)nc2c(OCC)cccc21. The van der Waals surface area contributed by atoms with Crippen molar-refractivity contribution < 1.29 is 14.6 Å². The molecule has 0 saturated heterocycles. The van der Waals surface area contributed by atoms with Crippen LogP contribution in [0.3, 0.4) is 0 Å². The molecule has 0 aliphatic heterocycles. The van der Waals surface area contributed by atoms with E-state index in [0.717, 1.165) is 15.5 Å². The molecule has 1 aromatic heterocycles. The molecule has 0 saturated carbocycles. The molecule has 2 rings (SSSR count). The Morgan fingerprint density at radius 3 is 2.95 bits per heavy atom. The van der Waals surface area contributed by atoms with Crippen LogP contribution in [0, 0.1) is 0 Å². The number of para-hydroxylation sites is 1. The van der Waals surface area contributed by atoms with Crippen LogP contribution in [-0.4, -0.2) is 33.0 Å². The highest BCUT2D eigenvalue weighted by atomic mass is 79.9. The van der Waals surface area contributed by atoms with E-state index in [1.165, 1.54) is 11.8 Å². The number of aromatic nitrogens is 2. The molecule has 0 aliphatic rings. The third kappa shape index (κ3) is 3.79. The standard InChI is InChI=1S/C14H15BrN2O3S/c1-3-20-11-6-4-5-10-13(11)16-14(21-8-12(18)19)17(10)7-9(2)15/h4-6H,2-3,7-8H2,1H3,(H,18,19). The Hall–Kier alpha value is -1.47. The van der Waals surface area contributed by atoms with Crippen LogP contribution in [-0.2, 0) is 11.3 Å². The van der Waals surface area contributed by atoms with E-state index < -0.39 is 5.97 Å². The number of fused-ring (bicyclic) bond motifs is 1. The van der Waals surface area contributed by atoms with Gasteiger partial charge in [0.1, 0.15) is 11.3 Å². The fourth-order valence-corrected chi connectivity index (χ4v) is 2.91. The molecule has 2 aromatic rings. The van der Waals surface area contributed by atoms with E-state index in [0.29, 0.717) is 24.1 Å². The highest BCUT2D eigenvalue weighted by Crippen LogP contribution is 2.31. The molecule has 0 radical (unpaired) electrons. The molecular formula is C14H15BrN2O3S. The van der Waals surface area contributed by atoms with E-state index in [1.54, 1.807) is 0 Å². The average Bonchev–Trinajstić information content (AvgIpc) is 2.76. The third-order valence-corrected chi connectivity index (χ3v) is 3.87. The number of rotatable bonds is 7. The molecule has 0 atom stereocenters. The zero-order chi connectivity index (χ0) is 15.4. The van der Waals surface area contributed by atoms with Crippen molar-refractivity contribution in [3.05, 3.63) is 29.3 Å². The zero-order valence-corrected chi connectivity index (χ0v) is 13.9. The summed E-state index contributed by atoms with van der Waals surface area (Å²) in [6, 6.07) is 5.69. The van der Waals surface area contributed by atoms with Gasteiger partial charge in [-0.25, -0.2) is 4.98 Å². The second-order valence-electron chi connectivity index (χ2n) is 4.24. The van der Waals surface area contributed by atoms with Gasteiger partial charge in [0, 0.05) is 4.48 Å². The highest BCUT2D eigenvalue weighted by molar-refractivity contribution is 9.11. The first-order valence-electron chi connectivity index (χ1n) is 6.32. The van der Waals surface area contributed by atoms with Crippen LogP contribution >= 0.6 is 27.7 Å². The summed E-state index contributed by atoms with van der Waals surface area (Å²) in [5.74, 6) is -0.213. The Morgan fingerprint density at radius 2 is 2.33 bits per heavy atom. The summed E-state index contributed by atoms with van der Waals surface area (Å²) in [5, 5.41) is 9.49. The van der Waals surface area contributed by atoms with Crippen molar-refractivity contribution in [2.45, 2.75) is 18.6 Å². The smallest absolute Gasteiger partial charge is 0.313 e. The first kappa shape index (κ1) is 15.9. The number of imidazole rings is 1. The number of thioether (sulfide) groups is 1. The van der Waals surface area contributed by atoms with Gasteiger partial charge in [-0.2, -0.15) is 0 Å². The molecule has 0 fully saturated rings. The number of carboxylic acid groups (broad SMARTS) is 1. The van der Waals surface area contributed by atoms with Gasteiger partial charge in [-0.15, -0.1) is 0 Å². The molecule has 0 spiro atoms. The summed E-state index contributed by atoms with van der Waals surface area (Å²) in [6.45, 7) is 6.83. The molecular weight excluding hydrogens is 356 g/mol. The van der Waals surface area contributed by atoms with Gasteiger partial charge in [-0.05, 0) is 19.1 Å². The number of halogens is 1. The average molecular weight is 371 g/mol. The molecule has 1 heterocycles. The number of allylic oxidation sites excluding steroid dienone is 1. The lowest BCUT2D eigenvalue weighted by Gasteiger charge is -2.07. The van der Waals surface area contributed by atoms with E-state index in [-0.39, 0.29) is 5.75 Å². The van der Waals surface area contributed by atoms with Crippen molar-refractivity contribution in [3.8, 4) is 5.75 Å². The minimum Gasteiger partial charge on any atom is -0.492 e. The van der Waals surface area contributed by atoms with E-state index in [4.69, 9.17) is 9.84 Å². The van der Waals surface area contributed by atoms with Gasteiger partial charge in [-0.1, -0.05) is 40.3 Å². The lowest BCUT2D eigenvalue weighted by Crippen LogP contribution is -2.03. The predicted octanol–water partition coefficient (Wildman–Crippen LogP) is 3.52. The number of nitrogens with zero attached hydrogens (tertiary/aromatic N) is 2. The first-order valence-corrected chi connectivity index (χ1v) is 8.10. The van der Waals surface area contributed by atoms with Gasteiger partial charge >= 0.3 is 5.97 Å². The molecule has 5 nitrogen and oxygen atoms in total. The minimum absolute atomic E-state index is 0.0396. The van der Waals surface area contributed by atoms with Crippen LogP contribution in [0.2, 0.25) is 0 Å². The van der Waals surface area contributed by atoms with Crippen molar-refractivity contribution in [3.63, 3.8) is 0 Å². The molecule has 112 valence electrons. The maximum atomic E-state index is 10.8. The summed E-state index contributed by atoms with van der Waals surface area (Å²) in [4.78, 5) is 15.3. The third-order valence-electron chi connectivity index (χ3n) is 2.66. The Balaban J connectivity index is 2.51. The predicted molar refractivity (Wildman–Crippen MR) is 87.3 cm³/mol.